The van der Waals surface area contributed by atoms with Crippen molar-refractivity contribution in [1.82, 2.24) is 4.72 Å². The molecule has 1 N–H and O–H groups in total. The van der Waals surface area contributed by atoms with E-state index in [0.29, 0.717) is 24.0 Å². The highest BCUT2D eigenvalue weighted by atomic mass is 32.2. The van der Waals surface area contributed by atoms with Crippen LogP contribution in [-0.4, -0.2) is 35.3 Å². The number of aryl methyl sites for hydroxylation is 1. The zero-order valence-electron chi connectivity index (χ0n) is 15.2. The number of hydrogen-bond acceptors (Lipinski definition) is 5. The second kappa shape index (κ2) is 8.08. The minimum atomic E-state index is -3.50. The van der Waals surface area contributed by atoms with Gasteiger partial charge < -0.3 is 9.47 Å². The Morgan fingerprint density at radius 2 is 1.85 bits per heavy atom. The van der Waals surface area contributed by atoms with Gasteiger partial charge in [-0.15, -0.1) is 11.3 Å². The molecule has 26 heavy (non-hydrogen) atoms. The molecule has 0 amide bonds. The standard InChI is InChI=1S/C19H25NO4S2/c1-3-17-8-9-18(25-17)26(21,22)20-14-19(10-12-24-13-11-19)15-4-6-16(23-2)7-5-15/h4-9,20H,3,10-14H2,1-2H3. The Bertz CT molecular complexity index is 821. The zero-order chi connectivity index (χ0) is 18.6. The van der Waals surface area contributed by atoms with Crippen LogP contribution in [0.5, 0.6) is 5.75 Å². The molecule has 3 rings (SSSR count). The van der Waals surface area contributed by atoms with Gasteiger partial charge >= 0.3 is 0 Å². The summed E-state index contributed by atoms with van der Waals surface area (Å²) in [5.74, 6) is 0.794. The Morgan fingerprint density at radius 3 is 2.42 bits per heavy atom. The molecule has 5 nitrogen and oxygen atoms in total. The fourth-order valence-electron chi connectivity index (χ4n) is 3.27. The van der Waals surface area contributed by atoms with Crippen molar-refractivity contribution < 1.29 is 17.9 Å². The third-order valence-electron chi connectivity index (χ3n) is 5.00. The zero-order valence-corrected chi connectivity index (χ0v) is 16.8. The first-order valence-corrected chi connectivity index (χ1v) is 11.1. The van der Waals surface area contributed by atoms with Gasteiger partial charge in [-0.25, -0.2) is 13.1 Å². The summed E-state index contributed by atoms with van der Waals surface area (Å²) in [5, 5.41) is 0. The van der Waals surface area contributed by atoms with Crippen LogP contribution in [0.3, 0.4) is 0 Å². The largest absolute Gasteiger partial charge is 0.497 e. The molecule has 7 heteroatoms. The van der Waals surface area contributed by atoms with E-state index in [1.807, 2.05) is 37.3 Å². The molecule has 1 aromatic heterocycles. The topological polar surface area (TPSA) is 64.6 Å². The summed E-state index contributed by atoms with van der Waals surface area (Å²) in [5.41, 5.74) is 0.854. The van der Waals surface area contributed by atoms with Crippen LogP contribution in [-0.2, 0) is 26.6 Å². The number of nitrogens with one attached hydrogen (secondary N) is 1. The van der Waals surface area contributed by atoms with Gasteiger partial charge in [-0.05, 0) is 49.1 Å². The second-order valence-corrected chi connectivity index (χ2v) is 9.68. The van der Waals surface area contributed by atoms with E-state index in [9.17, 15) is 8.42 Å². The van der Waals surface area contributed by atoms with Gasteiger partial charge in [0.1, 0.15) is 9.96 Å². The molecule has 1 fully saturated rings. The molecular formula is C19H25NO4S2. The summed E-state index contributed by atoms with van der Waals surface area (Å²) in [4.78, 5) is 1.07. The minimum absolute atomic E-state index is 0.261. The Labute approximate surface area is 159 Å². The van der Waals surface area contributed by atoms with E-state index >= 15 is 0 Å². The number of benzene rings is 1. The van der Waals surface area contributed by atoms with Crippen LogP contribution in [0.15, 0.2) is 40.6 Å². The number of thiophene rings is 1. The molecule has 0 unspecified atom stereocenters. The highest BCUT2D eigenvalue weighted by Crippen LogP contribution is 2.35. The van der Waals surface area contributed by atoms with Crippen molar-refractivity contribution in [3.63, 3.8) is 0 Å². The molecule has 0 radical (unpaired) electrons. The molecule has 2 aromatic rings. The molecule has 0 atom stereocenters. The lowest BCUT2D eigenvalue weighted by atomic mass is 9.74. The monoisotopic (exact) mass is 395 g/mol. The highest BCUT2D eigenvalue weighted by Gasteiger charge is 2.36. The molecule has 1 aromatic carbocycles. The smallest absolute Gasteiger partial charge is 0.250 e. The average molecular weight is 396 g/mol. The molecule has 1 saturated heterocycles. The highest BCUT2D eigenvalue weighted by molar-refractivity contribution is 7.91. The Hall–Kier alpha value is -1.41. The second-order valence-electron chi connectivity index (χ2n) is 6.52. The van der Waals surface area contributed by atoms with Gasteiger partial charge in [-0.3, -0.25) is 0 Å². The molecule has 0 bridgehead atoms. The van der Waals surface area contributed by atoms with E-state index in [1.165, 1.54) is 11.3 Å². The van der Waals surface area contributed by atoms with Crippen LogP contribution in [0.25, 0.3) is 0 Å². The Morgan fingerprint density at radius 1 is 1.15 bits per heavy atom. The van der Waals surface area contributed by atoms with Gasteiger partial charge in [0.2, 0.25) is 10.0 Å². The molecule has 2 heterocycles. The van der Waals surface area contributed by atoms with Crippen LogP contribution < -0.4 is 9.46 Å². The van der Waals surface area contributed by atoms with E-state index in [2.05, 4.69) is 4.72 Å². The summed E-state index contributed by atoms with van der Waals surface area (Å²) < 4.78 is 39.4. The molecule has 1 aliphatic rings. The third-order valence-corrected chi connectivity index (χ3v) is 8.13. The van der Waals surface area contributed by atoms with Gasteiger partial charge in [0.15, 0.2) is 0 Å². The van der Waals surface area contributed by atoms with Crippen molar-refractivity contribution in [2.75, 3.05) is 26.9 Å². The van der Waals surface area contributed by atoms with Gasteiger partial charge in [0.05, 0.1) is 7.11 Å². The van der Waals surface area contributed by atoms with Crippen LogP contribution in [0.4, 0.5) is 0 Å². The lowest BCUT2D eigenvalue weighted by Crippen LogP contribution is -2.44. The number of hydrogen-bond donors (Lipinski definition) is 1. The van der Waals surface area contributed by atoms with E-state index in [4.69, 9.17) is 9.47 Å². The molecular weight excluding hydrogens is 370 g/mol. The molecule has 0 aliphatic carbocycles. The molecule has 0 spiro atoms. The predicted molar refractivity (Wildman–Crippen MR) is 104 cm³/mol. The Kier molecular flexibility index (Phi) is 6.02. The van der Waals surface area contributed by atoms with Gasteiger partial charge in [0.25, 0.3) is 0 Å². The first-order valence-electron chi connectivity index (χ1n) is 8.80. The molecule has 0 saturated carbocycles. The SMILES string of the molecule is CCc1ccc(S(=O)(=O)NCC2(c3ccc(OC)cc3)CCOCC2)s1. The van der Waals surface area contributed by atoms with Gasteiger partial charge in [-0.2, -0.15) is 0 Å². The number of ether oxygens (including phenoxy) is 2. The van der Waals surface area contributed by atoms with Crippen molar-refractivity contribution in [3.05, 3.63) is 46.8 Å². The lowest BCUT2D eigenvalue weighted by Gasteiger charge is -2.37. The molecule has 142 valence electrons. The summed E-state index contributed by atoms with van der Waals surface area (Å²) in [6.45, 7) is 3.65. The van der Waals surface area contributed by atoms with Crippen LogP contribution >= 0.6 is 11.3 Å². The molecule has 1 aliphatic heterocycles. The summed E-state index contributed by atoms with van der Waals surface area (Å²) in [7, 11) is -1.87. The number of rotatable bonds is 7. The van der Waals surface area contributed by atoms with E-state index < -0.39 is 10.0 Å². The summed E-state index contributed by atoms with van der Waals surface area (Å²) >= 11 is 1.33. The maximum atomic E-state index is 12.7. The number of methoxy groups -OCH3 is 1. The van der Waals surface area contributed by atoms with Gasteiger partial charge in [-0.1, -0.05) is 19.1 Å². The first-order chi connectivity index (χ1) is 12.5. The van der Waals surface area contributed by atoms with Crippen molar-refractivity contribution in [3.8, 4) is 5.75 Å². The van der Waals surface area contributed by atoms with Crippen molar-refractivity contribution in [1.29, 1.82) is 0 Å². The summed E-state index contributed by atoms with van der Waals surface area (Å²) in [6.07, 6.45) is 2.41. The van der Waals surface area contributed by atoms with Crippen LogP contribution in [0.1, 0.15) is 30.2 Å². The quantitative estimate of drug-likeness (QED) is 0.781. The minimum Gasteiger partial charge on any atom is -0.497 e. The fraction of sp³-hybridized carbons (Fsp3) is 0.474. The number of sulfonamides is 1. The van der Waals surface area contributed by atoms with Gasteiger partial charge in [0, 0.05) is 30.1 Å². The first kappa shape index (κ1) is 19.4. The van der Waals surface area contributed by atoms with Crippen molar-refractivity contribution >= 4 is 21.4 Å². The van der Waals surface area contributed by atoms with Crippen LogP contribution in [0.2, 0.25) is 0 Å². The van der Waals surface area contributed by atoms with E-state index in [-0.39, 0.29) is 5.41 Å². The Balaban J connectivity index is 1.82. The lowest BCUT2D eigenvalue weighted by molar-refractivity contribution is 0.0517. The maximum Gasteiger partial charge on any atom is 0.250 e. The van der Waals surface area contributed by atoms with Crippen LogP contribution in [0, 0.1) is 0 Å². The summed E-state index contributed by atoms with van der Waals surface area (Å²) in [6, 6.07) is 11.5. The average Bonchev–Trinajstić information content (AvgIpc) is 3.18. The normalized spacial score (nSPS) is 17.2. The fourth-order valence-corrected chi connectivity index (χ4v) is 5.74. The maximum absolute atomic E-state index is 12.7. The van der Waals surface area contributed by atoms with E-state index in [1.54, 1.807) is 13.2 Å². The van der Waals surface area contributed by atoms with Crippen molar-refractivity contribution in [2.45, 2.75) is 35.8 Å². The third kappa shape index (κ3) is 4.11. The van der Waals surface area contributed by atoms with Crippen molar-refractivity contribution in [2.24, 2.45) is 0 Å². The predicted octanol–water partition coefficient (Wildman–Crippen LogP) is 3.35. The van der Waals surface area contributed by atoms with E-state index in [0.717, 1.165) is 35.5 Å².